The van der Waals surface area contributed by atoms with Crippen LogP contribution in [0.5, 0.6) is 0 Å². The van der Waals surface area contributed by atoms with E-state index in [0.717, 1.165) is 19.4 Å². The van der Waals surface area contributed by atoms with Gasteiger partial charge in [-0.15, -0.1) is 0 Å². The highest BCUT2D eigenvalue weighted by Crippen LogP contribution is 2.45. The maximum atomic E-state index is 6.26. The third-order valence-electron chi connectivity index (χ3n) is 4.92. The van der Waals surface area contributed by atoms with E-state index in [1.807, 2.05) is 0 Å². The van der Waals surface area contributed by atoms with Crippen molar-refractivity contribution in [3.05, 3.63) is 65.5 Å². The third kappa shape index (κ3) is 2.01. The van der Waals surface area contributed by atoms with Crippen LogP contribution >= 0.6 is 0 Å². The van der Waals surface area contributed by atoms with E-state index in [4.69, 9.17) is 4.74 Å². The Labute approximate surface area is 126 Å². The van der Waals surface area contributed by atoms with Crippen molar-refractivity contribution in [1.29, 1.82) is 0 Å². The zero-order chi connectivity index (χ0) is 14.2. The Balaban J connectivity index is 1.76. The highest BCUT2D eigenvalue weighted by molar-refractivity contribution is 5.42. The first kappa shape index (κ1) is 13.0. The summed E-state index contributed by atoms with van der Waals surface area (Å²) in [5, 5.41) is 0. The molecule has 0 amide bonds. The van der Waals surface area contributed by atoms with Crippen molar-refractivity contribution in [2.45, 2.75) is 44.2 Å². The number of unbranched alkanes of at least 4 members (excludes halogenated alkanes) is 1. The van der Waals surface area contributed by atoms with Crippen LogP contribution in [0.2, 0.25) is 0 Å². The van der Waals surface area contributed by atoms with Crippen LogP contribution < -0.4 is 4.57 Å². The van der Waals surface area contributed by atoms with Crippen molar-refractivity contribution in [3.8, 4) is 0 Å². The fourth-order valence-electron chi connectivity index (χ4n) is 3.95. The van der Waals surface area contributed by atoms with E-state index in [0.29, 0.717) is 18.1 Å². The fraction of sp³-hybridized carbons (Fsp3) is 0.421. The molecule has 0 unspecified atom stereocenters. The number of hydrogen-bond donors (Lipinski definition) is 0. The van der Waals surface area contributed by atoms with Crippen molar-refractivity contribution in [2.75, 3.05) is 6.61 Å². The number of fused-ring (bicyclic) bond motifs is 1. The van der Waals surface area contributed by atoms with E-state index in [1.54, 1.807) is 0 Å². The Kier molecular flexibility index (Phi) is 3.27. The second-order valence-corrected chi connectivity index (χ2v) is 6.15. The minimum absolute atomic E-state index is 0.332. The van der Waals surface area contributed by atoms with Gasteiger partial charge in [0.05, 0.1) is 12.0 Å². The molecule has 2 bridgehead atoms. The zero-order valence-electron chi connectivity index (χ0n) is 12.5. The van der Waals surface area contributed by atoms with Crippen LogP contribution in [-0.4, -0.2) is 12.7 Å². The normalized spacial score (nSPS) is 25.5. The molecule has 1 aliphatic carbocycles. The van der Waals surface area contributed by atoms with Crippen molar-refractivity contribution >= 4 is 0 Å². The molecule has 108 valence electrons. The minimum Gasteiger partial charge on any atom is -0.377 e. The van der Waals surface area contributed by atoms with Crippen LogP contribution in [0.15, 0.2) is 48.7 Å². The Bertz CT molecular complexity index is 604. The van der Waals surface area contributed by atoms with Crippen molar-refractivity contribution < 1.29 is 9.30 Å². The van der Waals surface area contributed by atoms with Crippen molar-refractivity contribution in [3.63, 3.8) is 0 Å². The summed E-state index contributed by atoms with van der Waals surface area (Å²) < 4.78 is 8.71. The Morgan fingerprint density at radius 1 is 1.10 bits per heavy atom. The van der Waals surface area contributed by atoms with Gasteiger partial charge < -0.3 is 4.74 Å². The lowest BCUT2D eigenvalue weighted by molar-refractivity contribution is -0.732. The van der Waals surface area contributed by atoms with Crippen LogP contribution in [0, 0.1) is 0 Å². The predicted molar refractivity (Wildman–Crippen MR) is 82.3 cm³/mol. The number of ether oxygens (including phenoxy) is 1. The minimum atomic E-state index is 0.332. The summed E-state index contributed by atoms with van der Waals surface area (Å²) in [6.07, 6.45) is 6.02. The predicted octanol–water partition coefficient (Wildman–Crippen LogP) is 3.60. The molecule has 21 heavy (non-hydrogen) atoms. The topological polar surface area (TPSA) is 13.1 Å². The average molecular weight is 280 g/mol. The molecule has 5 rings (SSSR count). The van der Waals surface area contributed by atoms with E-state index in [2.05, 4.69) is 60.2 Å². The Morgan fingerprint density at radius 2 is 1.90 bits per heavy atom. The number of pyridine rings is 1. The summed E-state index contributed by atoms with van der Waals surface area (Å²) in [7, 11) is 0. The first-order valence-electron chi connectivity index (χ1n) is 8.10. The van der Waals surface area contributed by atoms with Gasteiger partial charge in [-0.3, -0.25) is 0 Å². The molecule has 0 spiro atoms. The third-order valence-corrected chi connectivity index (χ3v) is 4.92. The molecule has 3 atom stereocenters. The molecule has 0 N–H and O–H groups in total. The van der Waals surface area contributed by atoms with Gasteiger partial charge in [0.1, 0.15) is 0 Å². The quantitative estimate of drug-likeness (QED) is 0.616. The van der Waals surface area contributed by atoms with Crippen molar-refractivity contribution in [1.82, 2.24) is 0 Å². The van der Waals surface area contributed by atoms with E-state index in [1.165, 1.54) is 23.2 Å². The van der Waals surface area contributed by atoms with Gasteiger partial charge in [0.15, 0.2) is 17.9 Å². The summed E-state index contributed by atoms with van der Waals surface area (Å²) in [4.78, 5) is 0. The van der Waals surface area contributed by atoms with Gasteiger partial charge in [-0.25, -0.2) is 0 Å². The number of rotatable bonds is 4. The summed E-state index contributed by atoms with van der Waals surface area (Å²) in [5.74, 6) is 0.393. The van der Waals surface area contributed by atoms with Gasteiger partial charge in [0.25, 0.3) is 0 Å². The molecule has 2 aliphatic heterocycles. The summed E-state index contributed by atoms with van der Waals surface area (Å²) in [6.45, 7) is 3.11. The first-order valence-corrected chi connectivity index (χ1v) is 8.10. The highest BCUT2D eigenvalue weighted by atomic mass is 16.5. The largest absolute Gasteiger partial charge is 0.377 e. The SMILES string of the molecule is CCCCO[C@H]1C[C@H]2c3ccccc3[C@@H]1c1cccc[n+]12. The molecule has 0 saturated carbocycles. The van der Waals surface area contributed by atoms with E-state index >= 15 is 0 Å². The van der Waals surface area contributed by atoms with E-state index in [9.17, 15) is 0 Å². The van der Waals surface area contributed by atoms with Crippen LogP contribution in [0.3, 0.4) is 0 Å². The average Bonchev–Trinajstić information content (AvgIpc) is 2.55. The number of aromatic nitrogens is 1. The fourth-order valence-corrected chi connectivity index (χ4v) is 3.95. The van der Waals surface area contributed by atoms with Gasteiger partial charge in [-0.05, 0) is 12.0 Å². The van der Waals surface area contributed by atoms with Gasteiger partial charge in [0, 0.05) is 30.7 Å². The van der Waals surface area contributed by atoms with Crippen LogP contribution in [0.4, 0.5) is 0 Å². The maximum Gasteiger partial charge on any atom is 0.192 e. The molecule has 1 aromatic heterocycles. The summed E-state index contributed by atoms with van der Waals surface area (Å²) >= 11 is 0. The number of benzene rings is 1. The molecular weight excluding hydrogens is 258 g/mol. The van der Waals surface area contributed by atoms with Gasteiger partial charge in [-0.1, -0.05) is 43.7 Å². The van der Waals surface area contributed by atoms with E-state index in [-0.39, 0.29) is 0 Å². The first-order chi connectivity index (χ1) is 10.4. The molecule has 0 saturated heterocycles. The lowest BCUT2D eigenvalue weighted by Crippen LogP contribution is -2.56. The van der Waals surface area contributed by atoms with Crippen LogP contribution in [0.1, 0.15) is 55.0 Å². The lowest BCUT2D eigenvalue weighted by Gasteiger charge is -2.40. The Morgan fingerprint density at radius 3 is 2.76 bits per heavy atom. The Hall–Kier alpha value is -1.67. The molecule has 0 fully saturated rings. The molecule has 2 heteroatoms. The van der Waals surface area contributed by atoms with Gasteiger partial charge in [-0.2, -0.15) is 4.57 Å². The summed E-state index contributed by atoms with van der Waals surface area (Å²) in [6, 6.07) is 15.9. The monoisotopic (exact) mass is 280 g/mol. The molecule has 2 aromatic rings. The lowest BCUT2D eigenvalue weighted by atomic mass is 9.72. The molecule has 3 heterocycles. The number of nitrogens with zero attached hydrogens (tertiary/aromatic N) is 1. The molecule has 1 aromatic carbocycles. The molecule has 2 nitrogen and oxygen atoms in total. The molecule has 3 aliphatic rings. The second-order valence-electron chi connectivity index (χ2n) is 6.15. The van der Waals surface area contributed by atoms with Crippen molar-refractivity contribution in [2.24, 2.45) is 0 Å². The van der Waals surface area contributed by atoms with Gasteiger partial charge >= 0.3 is 0 Å². The second kappa shape index (κ2) is 5.27. The van der Waals surface area contributed by atoms with E-state index < -0.39 is 0 Å². The summed E-state index contributed by atoms with van der Waals surface area (Å²) in [5.41, 5.74) is 4.37. The van der Waals surface area contributed by atoms with Crippen LogP contribution in [-0.2, 0) is 4.74 Å². The van der Waals surface area contributed by atoms with Gasteiger partial charge in [0.2, 0.25) is 0 Å². The smallest absolute Gasteiger partial charge is 0.192 e. The standard InChI is InChI=1S/C19H22NO/c1-2-3-12-21-18-13-17-14-8-4-5-9-15(14)19(18)16-10-6-7-11-20(16)17/h4-11,17-19H,2-3,12-13H2,1H3/q+1/t17-,18-,19+/m0/s1. The maximum absolute atomic E-state index is 6.26. The highest BCUT2D eigenvalue weighted by Gasteiger charge is 2.49. The molecular formula is C19H22NO+. The van der Waals surface area contributed by atoms with Crippen LogP contribution in [0.25, 0.3) is 0 Å². The zero-order valence-corrected chi connectivity index (χ0v) is 12.5. The number of hydrogen-bond acceptors (Lipinski definition) is 1. The molecule has 0 radical (unpaired) electrons.